The van der Waals surface area contributed by atoms with Gasteiger partial charge in [0.2, 0.25) is 0 Å². The molecular weight excluding hydrogens is 446 g/mol. The summed E-state index contributed by atoms with van der Waals surface area (Å²) in [5.41, 5.74) is 0. The van der Waals surface area contributed by atoms with Gasteiger partial charge in [-0.25, -0.2) is 0 Å². The molecule has 0 fully saturated rings. The first kappa shape index (κ1) is 28.2. The van der Waals surface area contributed by atoms with E-state index in [1.54, 1.807) is 0 Å². The number of halogens is 13. The van der Waals surface area contributed by atoms with Gasteiger partial charge in [-0.3, -0.25) is 4.55 Å². The molecule has 0 aromatic heterocycles. The van der Waals surface area contributed by atoms with Gasteiger partial charge in [0.1, 0.15) is 0 Å². The standard InChI is InChI=1S/C6F13.C2H6O3S.Na/c7-1(8)2(9,10)3(11,12)4(13,14)5(15,16)6(17,18)19;1-2-6(3,4)5;/h;2H2,1H3,(H,3,4,5);. The fourth-order valence-corrected chi connectivity index (χ4v) is 1.16. The summed E-state index contributed by atoms with van der Waals surface area (Å²) >= 11 is -2.20. The normalized spacial score (nSPS) is 15.4. The third-order valence-corrected chi connectivity index (χ3v) is 3.81. The van der Waals surface area contributed by atoms with Crippen LogP contribution in [0.4, 0.5) is 57.1 Å². The molecule has 0 spiro atoms. The summed E-state index contributed by atoms with van der Waals surface area (Å²) in [5, 5.41) is 0. The molecule has 18 heteroatoms. The third-order valence-electron chi connectivity index (χ3n) is 2.46. The fraction of sp³-hybridized carbons (Fsp3) is 1.00. The summed E-state index contributed by atoms with van der Waals surface area (Å²) in [6.07, 6.45) is -7.35. The van der Waals surface area contributed by atoms with Crippen molar-refractivity contribution in [1.82, 2.24) is 0 Å². The molecule has 0 aliphatic carbocycles. The zero-order chi connectivity index (χ0) is 22.2. The van der Waals surface area contributed by atoms with Crippen LogP contribution >= 0.6 is 0 Å². The van der Waals surface area contributed by atoms with E-state index in [4.69, 9.17) is 4.55 Å². The summed E-state index contributed by atoms with van der Waals surface area (Å²) in [6, 6.07) is 0. The maximum atomic E-state index is 12.6. The molecule has 0 radical (unpaired) electrons. The van der Waals surface area contributed by atoms with E-state index in [2.05, 4.69) is 0 Å². The van der Waals surface area contributed by atoms with Gasteiger partial charge in [0.15, 0.2) is 0 Å². The van der Waals surface area contributed by atoms with Crippen LogP contribution < -0.4 is 0 Å². The van der Waals surface area contributed by atoms with E-state index in [0.29, 0.717) is 0 Å². The van der Waals surface area contributed by atoms with Gasteiger partial charge in [0.05, 0.1) is 5.75 Å². The predicted octanol–water partition coefficient (Wildman–Crippen LogP) is 3.75. The Hall–Kier alpha value is -0.000000000000000444. The van der Waals surface area contributed by atoms with Crippen molar-refractivity contribution in [1.29, 1.82) is 0 Å². The Labute approximate surface area is 154 Å². The molecule has 0 saturated carbocycles. The van der Waals surface area contributed by atoms with Crippen LogP contribution in [0.5, 0.6) is 0 Å². The van der Waals surface area contributed by atoms with Crippen molar-refractivity contribution >= 4 is 38.0 Å². The molecule has 26 heavy (non-hydrogen) atoms. The topological polar surface area (TPSA) is 54.4 Å². The van der Waals surface area contributed by atoms with Crippen molar-refractivity contribution in [2.75, 3.05) is 5.75 Å². The van der Waals surface area contributed by atoms with Gasteiger partial charge in [-0.1, -0.05) is 0 Å². The second-order valence-electron chi connectivity index (χ2n) is 4.55. The maximum absolute atomic E-state index is 12.6. The van der Waals surface area contributed by atoms with Crippen molar-refractivity contribution in [3.8, 4) is 0 Å². The van der Waals surface area contributed by atoms with Crippen LogP contribution in [0.15, 0.2) is 0 Å². The molecule has 3 nitrogen and oxygen atoms in total. The van der Waals surface area contributed by atoms with Gasteiger partial charge < -0.3 is 0 Å². The van der Waals surface area contributed by atoms with Gasteiger partial charge in [0, 0.05) is 0 Å². The molecule has 0 aliphatic heterocycles. The quantitative estimate of drug-likeness (QED) is 0.393. The van der Waals surface area contributed by atoms with E-state index in [0.717, 1.165) is 0 Å². The zero-order valence-corrected chi connectivity index (χ0v) is 15.1. The van der Waals surface area contributed by atoms with E-state index < -0.39 is 71.1 Å². The van der Waals surface area contributed by atoms with Crippen LogP contribution in [0.1, 0.15) is 6.92 Å². The number of hydrogen-bond acceptors (Lipinski definition) is 2. The van der Waals surface area contributed by atoms with Gasteiger partial charge >= 0.3 is 118 Å². The first-order chi connectivity index (χ1) is 10.8. The zero-order valence-electron chi connectivity index (χ0n) is 12.3. The average molecular weight is 452 g/mol. The van der Waals surface area contributed by atoms with Gasteiger partial charge in [0.25, 0.3) is 10.1 Å². The molecule has 0 unspecified atom stereocenters. The van der Waals surface area contributed by atoms with E-state index >= 15 is 0 Å². The van der Waals surface area contributed by atoms with Crippen LogP contribution in [0.3, 0.4) is 0 Å². The summed E-state index contributed by atoms with van der Waals surface area (Å²) in [7, 11) is -3.66. The van der Waals surface area contributed by atoms with Crippen LogP contribution in [-0.2, 0) is 10.1 Å². The monoisotopic (exact) mass is 452 g/mol. The molecular formula is C8H6F13NaO3S. The molecule has 0 aromatic rings. The fourth-order valence-electron chi connectivity index (χ4n) is 0.848. The summed E-state index contributed by atoms with van der Waals surface area (Å²) < 4.78 is 180. The van der Waals surface area contributed by atoms with Crippen molar-refractivity contribution in [2.45, 2.75) is 40.0 Å². The predicted molar refractivity (Wildman–Crippen MR) is 58.6 cm³/mol. The summed E-state index contributed by atoms with van der Waals surface area (Å²) in [5.74, 6) is -30.4. The third kappa shape index (κ3) is 5.51. The van der Waals surface area contributed by atoms with Crippen molar-refractivity contribution in [3.63, 3.8) is 0 Å². The second-order valence-corrected chi connectivity index (χ2v) is 7.55. The van der Waals surface area contributed by atoms with Crippen LogP contribution in [-0.4, -0.2) is 79.7 Å². The Morgan fingerprint density at radius 1 is 0.692 bits per heavy atom. The van der Waals surface area contributed by atoms with Gasteiger partial charge in [-0.2, -0.15) is 8.42 Å². The van der Waals surface area contributed by atoms with E-state index in [1.165, 1.54) is 6.92 Å². The average Bonchev–Trinajstić information content (AvgIpc) is 2.35. The van der Waals surface area contributed by atoms with Crippen LogP contribution in [0.25, 0.3) is 0 Å². The minimum absolute atomic E-state index is 0.201. The molecule has 0 amide bonds. The van der Waals surface area contributed by atoms with Crippen LogP contribution in [0.2, 0.25) is 0 Å². The van der Waals surface area contributed by atoms with Crippen LogP contribution in [0, 0.1) is 0 Å². The molecule has 0 saturated heterocycles. The van der Waals surface area contributed by atoms with Crippen molar-refractivity contribution < 1.29 is 70.0 Å². The Morgan fingerprint density at radius 2 is 0.923 bits per heavy atom. The molecule has 154 valence electrons. The van der Waals surface area contributed by atoms with E-state index in [1.807, 2.05) is 0 Å². The summed E-state index contributed by atoms with van der Waals surface area (Å²) in [4.78, 5) is 0. The number of hydrogen-bond donors (Lipinski definition) is 1. The first-order valence-electron chi connectivity index (χ1n) is 5.72. The Bertz CT molecular complexity index is 541. The molecule has 0 aliphatic rings. The Morgan fingerprint density at radius 3 is 1.08 bits per heavy atom. The molecule has 0 bridgehead atoms. The Kier molecular flexibility index (Phi) is 8.45. The first-order valence-corrected chi connectivity index (χ1v) is 8.33. The van der Waals surface area contributed by atoms with Gasteiger partial charge in [-0.05, 0) is 6.92 Å². The SMILES string of the molecule is CCS(=O)(=O)O.FC(F)(F)C(F)(F)C(F)(F)C(F)(F)C(F)(F)[C](F)(F)[Na]. The number of alkyl halides is 13. The van der Waals surface area contributed by atoms with Crippen molar-refractivity contribution in [3.05, 3.63) is 0 Å². The number of rotatable bonds is 5. The van der Waals surface area contributed by atoms with Gasteiger partial charge in [-0.15, -0.1) is 0 Å². The minimum atomic E-state index is -7.78. The molecule has 1 N–H and O–H groups in total. The molecule has 0 aromatic carbocycles. The van der Waals surface area contributed by atoms with Crippen molar-refractivity contribution in [2.24, 2.45) is 0 Å². The summed E-state index contributed by atoms with van der Waals surface area (Å²) in [6.45, 7) is 1.37. The Balaban J connectivity index is 0. The molecule has 0 heterocycles. The van der Waals surface area contributed by atoms with E-state index in [9.17, 15) is 65.5 Å². The molecule has 0 atom stereocenters. The molecule has 0 rings (SSSR count). The second kappa shape index (κ2) is 7.79. The van der Waals surface area contributed by atoms with E-state index in [-0.39, 0.29) is 5.75 Å².